The number of fused-ring (bicyclic) bond motifs is 6. The molecule has 27 atom stereocenters. The van der Waals surface area contributed by atoms with Crippen molar-refractivity contribution in [3.05, 3.63) is 59.7 Å². The maximum absolute atomic E-state index is 17.0. The number of phenolic OH excluding ortho intramolecular Hbond substituents is 1. The van der Waals surface area contributed by atoms with Crippen LogP contribution in [0.2, 0.25) is 0 Å². The normalized spacial score (nSPS) is 52.5. The standard InChI is InChI=1S/C71H96N2O13S2/c1-38(2)39(3)58-60(86-58)69(83)19-8-13-44-26-51-52-29-55(77)68(32-56(78)66(82,37-75)35-63(51,68)4)62(81)88-87-34-46-12-7-11-45(33-74)71(46)61(80)73(47-23-41(24-48(76)27-47)17-21-67(44)54(69)18-22-70(52,67)84)36-64(71)31-43-10-6-9-40-16-20-65(30-40)50-28-49(85-5)15-14-42(50)25-53(72-65)57(43)59(64)79/h8,13-15,23-24,27,29,38-40,42-46,49-51,53-54,56-60,62,72,74-76,78-79,81-84H,7,9,11-12,16-22,25-26,28,30-37H2,1-5H3. The molecule has 11 bridgehead atoms. The van der Waals surface area contributed by atoms with Crippen molar-refractivity contribution in [3.8, 4) is 17.6 Å². The number of hydrogen-bond donors (Lipinski definition) is 10. The molecule has 27 unspecified atom stereocenters. The number of aromatic hydroxyl groups is 1. The number of epoxide rings is 1. The first-order valence-electron chi connectivity index (χ1n) is 33.9. The lowest BCUT2D eigenvalue weighted by molar-refractivity contribution is -0.235. The zero-order valence-electron chi connectivity index (χ0n) is 52.1. The van der Waals surface area contributed by atoms with Gasteiger partial charge in [-0.05, 0) is 191 Å². The van der Waals surface area contributed by atoms with Crippen LogP contribution in [-0.4, -0.2) is 155 Å². The Labute approximate surface area is 527 Å². The van der Waals surface area contributed by atoms with E-state index < -0.39 is 110 Å². The van der Waals surface area contributed by atoms with Crippen molar-refractivity contribution in [1.82, 2.24) is 5.32 Å². The highest BCUT2D eigenvalue weighted by Crippen LogP contribution is 2.77. The van der Waals surface area contributed by atoms with Crippen LogP contribution in [0, 0.1) is 110 Å². The molecule has 5 spiro atoms. The molecule has 1 aromatic carbocycles. The SMILES string of the molecule is COC1C=CC2CC3NC4(CCC(CC#CC5CC6(CN7C(=O)C68C(CO)CCCC8CSSC(O)C68CC(O)C(O)(CO)CC6(C)C6CC9C=CCC(O)(C%10OC%10C(C)C(C)C)C%10CCC(O)(C6=CC8=O)C9%10CCc6cc(O)cc7c6)C(O)C53)C4)C2C1. The minimum absolute atomic E-state index is 0.0332. The molecule has 9 fully saturated rings. The van der Waals surface area contributed by atoms with Crippen molar-refractivity contribution in [2.24, 2.45) is 98.1 Å². The second kappa shape index (κ2) is 21.1. The molecule has 9 aliphatic carbocycles. The van der Waals surface area contributed by atoms with Crippen LogP contribution in [0.15, 0.2) is 54.2 Å². The molecule has 0 aromatic heterocycles. The molecular weight excluding hydrogens is 1150 g/mol. The number of nitrogens with one attached hydrogen (secondary N) is 1. The monoisotopic (exact) mass is 1250 g/mol. The summed E-state index contributed by atoms with van der Waals surface area (Å²) in [5, 5.41) is 120. The van der Waals surface area contributed by atoms with Crippen molar-refractivity contribution < 1.29 is 65.0 Å². The molecule has 1 aromatic rings. The van der Waals surface area contributed by atoms with Gasteiger partial charge in [0.25, 0.3) is 0 Å². The van der Waals surface area contributed by atoms with Gasteiger partial charge in [0.2, 0.25) is 5.91 Å². The number of methoxy groups -OCH3 is 1. The molecule has 0 radical (unpaired) electrons. The van der Waals surface area contributed by atoms with E-state index in [0.29, 0.717) is 85.8 Å². The van der Waals surface area contributed by atoms with Crippen LogP contribution in [0.4, 0.5) is 5.69 Å². The highest BCUT2D eigenvalue weighted by Gasteiger charge is 2.80. The molecule has 16 aliphatic rings. The second-order valence-corrected chi connectivity index (χ2v) is 34.4. The fourth-order valence-electron chi connectivity index (χ4n) is 24.3. The number of rotatable bonds is 6. The van der Waals surface area contributed by atoms with Crippen LogP contribution in [0.1, 0.15) is 142 Å². The lowest BCUT2D eigenvalue weighted by Crippen LogP contribution is -2.72. The summed E-state index contributed by atoms with van der Waals surface area (Å²) in [6.45, 7) is 7.41. The predicted molar refractivity (Wildman–Crippen MR) is 335 cm³/mol. The summed E-state index contributed by atoms with van der Waals surface area (Å²) < 4.78 is 12.6. The quantitative estimate of drug-likeness (QED) is 0.0587. The topological polar surface area (TPSA) is 253 Å². The van der Waals surface area contributed by atoms with E-state index in [1.54, 1.807) is 25.3 Å². The lowest BCUT2D eigenvalue weighted by atomic mass is 9.38. The number of aliphatic hydroxyl groups is 8. The van der Waals surface area contributed by atoms with Crippen molar-refractivity contribution in [3.63, 3.8) is 0 Å². The zero-order valence-corrected chi connectivity index (χ0v) is 53.7. The van der Waals surface area contributed by atoms with Gasteiger partial charge in [0, 0.05) is 84.4 Å². The molecule has 17 rings (SSSR count). The minimum Gasteiger partial charge on any atom is -0.508 e. The number of hydrogen-bond acceptors (Lipinski definition) is 16. The van der Waals surface area contributed by atoms with Crippen molar-refractivity contribution in [2.45, 2.75) is 208 Å². The molecule has 3 saturated heterocycles. The van der Waals surface area contributed by atoms with Crippen LogP contribution >= 0.6 is 21.6 Å². The number of amides is 1. The average Bonchev–Trinajstić information content (AvgIpc) is 1.28. The van der Waals surface area contributed by atoms with Gasteiger partial charge in [-0.15, -0.1) is 5.92 Å². The summed E-state index contributed by atoms with van der Waals surface area (Å²) >= 11 is 0. The number of carbonyl (C=O) groups excluding carboxylic acids is 2. The molecule has 1 amide bonds. The number of allylic oxidation sites excluding steroid dienone is 3. The number of ether oxygens (including phenoxy) is 2. The third kappa shape index (κ3) is 8.05. The first kappa shape index (κ1) is 61.4. The molecule has 480 valence electrons. The van der Waals surface area contributed by atoms with Crippen LogP contribution < -0.4 is 10.2 Å². The third-order valence-corrected chi connectivity index (χ3v) is 31.2. The van der Waals surface area contributed by atoms with E-state index in [9.17, 15) is 46.0 Å². The minimum atomic E-state index is -2.05. The second-order valence-electron chi connectivity index (χ2n) is 31.9. The van der Waals surface area contributed by atoms with Crippen molar-refractivity contribution >= 4 is 39.0 Å². The molecule has 7 aliphatic heterocycles. The Morgan fingerprint density at radius 3 is 2.53 bits per heavy atom. The van der Waals surface area contributed by atoms with Gasteiger partial charge in [0.05, 0.1) is 47.5 Å². The average molecular weight is 1250 g/mol. The number of aryl methyl sites for hydroxylation is 1. The highest BCUT2D eigenvalue weighted by atomic mass is 33.1. The fraction of sp³-hybridized carbons (Fsp3) is 0.775. The van der Waals surface area contributed by atoms with Gasteiger partial charge < -0.3 is 65.6 Å². The molecule has 88 heavy (non-hydrogen) atoms. The number of phenols is 1. The number of ketones is 1. The molecule has 6 saturated carbocycles. The molecule has 17 heteroatoms. The number of aliphatic hydroxyl groups excluding tert-OH is 5. The van der Waals surface area contributed by atoms with E-state index in [1.165, 1.54) is 10.8 Å². The summed E-state index contributed by atoms with van der Waals surface area (Å²) in [7, 11) is 4.28. The Hall–Kier alpha value is -2.80. The Morgan fingerprint density at radius 2 is 1.76 bits per heavy atom. The van der Waals surface area contributed by atoms with Crippen molar-refractivity contribution in [1.29, 1.82) is 0 Å². The summed E-state index contributed by atoms with van der Waals surface area (Å²) in [6.07, 6.45) is 16.1. The highest BCUT2D eigenvalue weighted by molar-refractivity contribution is 8.76. The largest absolute Gasteiger partial charge is 0.508 e. The van der Waals surface area contributed by atoms with Gasteiger partial charge in [0.1, 0.15) is 28.5 Å². The van der Waals surface area contributed by atoms with Crippen LogP contribution in [-0.2, 0) is 25.5 Å². The predicted octanol–water partition coefficient (Wildman–Crippen LogP) is 7.17. The van der Waals surface area contributed by atoms with Gasteiger partial charge in [-0.25, -0.2) is 0 Å². The Kier molecular flexibility index (Phi) is 14.7. The first-order chi connectivity index (χ1) is 42.0. The number of carbonyl (C=O) groups is 2. The molecule has 7 heterocycles. The maximum atomic E-state index is 17.0. The van der Waals surface area contributed by atoms with E-state index in [4.69, 9.17) is 9.47 Å². The third-order valence-electron chi connectivity index (χ3n) is 28.6. The first-order valence-corrected chi connectivity index (χ1v) is 36.3. The number of benzene rings is 1. The summed E-state index contributed by atoms with van der Waals surface area (Å²) in [4.78, 5) is 34.9. The maximum Gasteiger partial charge on any atom is 0.234 e. The summed E-state index contributed by atoms with van der Waals surface area (Å²) in [5.41, 5.74) is -11.8. The number of piperidine rings is 1. The van der Waals surface area contributed by atoms with E-state index in [1.807, 2.05) is 24.0 Å². The molecule has 10 N–H and O–H groups in total. The zero-order chi connectivity index (χ0) is 61.7. The van der Waals surface area contributed by atoms with Crippen molar-refractivity contribution in [2.75, 3.05) is 37.5 Å². The van der Waals surface area contributed by atoms with Gasteiger partial charge in [-0.3, -0.25) is 9.59 Å². The fourth-order valence-corrected chi connectivity index (χ4v) is 27.3. The van der Waals surface area contributed by atoms with Gasteiger partial charge in [0.15, 0.2) is 5.78 Å². The van der Waals surface area contributed by atoms with Gasteiger partial charge in [-0.1, -0.05) is 85.9 Å². The lowest BCUT2D eigenvalue weighted by Gasteiger charge is -2.68. The van der Waals surface area contributed by atoms with Crippen LogP contribution in [0.5, 0.6) is 5.75 Å². The summed E-state index contributed by atoms with van der Waals surface area (Å²) in [6, 6.07) is 5.25. The Balaban J connectivity index is 0.899. The number of anilines is 1. The van der Waals surface area contributed by atoms with Crippen LogP contribution in [0.25, 0.3) is 0 Å². The Bertz CT molecular complexity index is 3170. The van der Waals surface area contributed by atoms with E-state index >= 15 is 9.59 Å². The number of nitrogens with zero attached hydrogens (tertiary/aromatic N) is 1. The van der Waals surface area contributed by atoms with Gasteiger partial charge in [-0.2, -0.15) is 0 Å². The van der Waals surface area contributed by atoms with E-state index in [-0.39, 0.29) is 104 Å². The van der Waals surface area contributed by atoms with E-state index in [0.717, 1.165) is 49.3 Å². The van der Waals surface area contributed by atoms with E-state index in [2.05, 4.69) is 56.2 Å². The van der Waals surface area contributed by atoms with Crippen LogP contribution in [0.3, 0.4) is 0 Å². The molecule has 15 nitrogen and oxygen atoms in total. The Morgan fingerprint density at radius 1 is 0.943 bits per heavy atom. The van der Waals surface area contributed by atoms with Gasteiger partial charge >= 0.3 is 0 Å². The smallest absolute Gasteiger partial charge is 0.234 e. The molecular formula is C71H96N2O13S2. The summed E-state index contributed by atoms with van der Waals surface area (Å²) in [5.74, 6) is 5.31.